The second-order valence-electron chi connectivity index (χ2n) is 4.42. The summed E-state index contributed by atoms with van der Waals surface area (Å²) in [7, 11) is -3.49. The van der Waals surface area contributed by atoms with Gasteiger partial charge in [0.15, 0.2) is 0 Å². The summed E-state index contributed by atoms with van der Waals surface area (Å²) in [5.41, 5.74) is 1.84. The molecule has 0 bridgehead atoms. The minimum atomic E-state index is -3.49. The molecule has 6 heteroatoms. The Morgan fingerprint density at radius 3 is 2.55 bits per heavy atom. The summed E-state index contributed by atoms with van der Waals surface area (Å²) in [6.07, 6.45) is 0. The molecule has 114 valence electrons. The molecule has 0 aliphatic carbocycles. The predicted octanol–water partition coefficient (Wildman–Crippen LogP) is 2.78. The van der Waals surface area contributed by atoms with E-state index in [0.29, 0.717) is 32.2 Å². The SMILES string of the molecule is CCOCCN(CC)S(=O)(=O)c1ccc(C)c(CCl)c1. The molecule has 4 nitrogen and oxygen atoms in total. The lowest BCUT2D eigenvalue weighted by Crippen LogP contribution is -2.34. The first-order valence-corrected chi connectivity index (χ1v) is 8.68. The summed E-state index contributed by atoms with van der Waals surface area (Å²) >= 11 is 5.84. The van der Waals surface area contributed by atoms with Crippen molar-refractivity contribution in [3.05, 3.63) is 29.3 Å². The summed E-state index contributed by atoms with van der Waals surface area (Å²) in [4.78, 5) is 0.289. The van der Waals surface area contributed by atoms with Crippen molar-refractivity contribution < 1.29 is 13.2 Å². The number of sulfonamides is 1. The van der Waals surface area contributed by atoms with Crippen molar-refractivity contribution in [1.29, 1.82) is 0 Å². The first-order valence-electron chi connectivity index (χ1n) is 6.70. The monoisotopic (exact) mass is 319 g/mol. The van der Waals surface area contributed by atoms with Gasteiger partial charge in [0, 0.05) is 25.6 Å². The van der Waals surface area contributed by atoms with Gasteiger partial charge in [-0.3, -0.25) is 0 Å². The van der Waals surface area contributed by atoms with E-state index in [1.807, 2.05) is 20.8 Å². The number of rotatable bonds is 8. The maximum Gasteiger partial charge on any atom is 0.243 e. The van der Waals surface area contributed by atoms with E-state index in [4.69, 9.17) is 16.3 Å². The van der Waals surface area contributed by atoms with Gasteiger partial charge in [0.25, 0.3) is 0 Å². The molecule has 0 atom stereocenters. The van der Waals surface area contributed by atoms with Crippen LogP contribution in [0.4, 0.5) is 0 Å². The molecule has 1 rings (SSSR count). The molecule has 0 unspecified atom stereocenters. The van der Waals surface area contributed by atoms with Gasteiger partial charge in [0.2, 0.25) is 10.0 Å². The number of halogens is 1. The van der Waals surface area contributed by atoms with Gasteiger partial charge in [-0.05, 0) is 37.1 Å². The van der Waals surface area contributed by atoms with Crippen molar-refractivity contribution in [1.82, 2.24) is 4.31 Å². The Morgan fingerprint density at radius 2 is 2.00 bits per heavy atom. The fourth-order valence-electron chi connectivity index (χ4n) is 1.86. The third-order valence-electron chi connectivity index (χ3n) is 3.14. The molecule has 20 heavy (non-hydrogen) atoms. The molecule has 0 spiro atoms. The van der Waals surface area contributed by atoms with Gasteiger partial charge in [-0.25, -0.2) is 8.42 Å². The Bertz CT molecular complexity index is 531. The zero-order valence-corrected chi connectivity index (χ0v) is 13.8. The standard InChI is InChI=1S/C14H22ClNO3S/c1-4-16(8-9-19-5-2)20(17,18)14-7-6-12(3)13(10-14)11-15/h6-7,10H,4-5,8-9,11H2,1-3H3. The van der Waals surface area contributed by atoms with Crippen LogP contribution < -0.4 is 0 Å². The highest BCUT2D eigenvalue weighted by Crippen LogP contribution is 2.20. The van der Waals surface area contributed by atoms with Crippen molar-refractivity contribution in [3.63, 3.8) is 0 Å². The van der Waals surface area contributed by atoms with Crippen molar-refractivity contribution in [2.45, 2.75) is 31.5 Å². The van der Waals surface area contributed by atoms with E-state index in [2.05, 4.69) is 0 Å². The molecule has 0 radical (unpaired) electrons. The minimum absolute atomic E-state index is 0.289. The van der Waals surface area contributed by atoms with Gasteiger partial charge in [-0.2, -0.15) is 4.31 Å². The van der Waals surface area contributed by atoms with Crippen LogP contribution in [0.2, 0.25) is 0 Å². The third-order valence-corrected chi connectivity index (χ3v) is 5.40. The summed E-state index contributed by atoms with van der Waals surface area (Å²) in [5, 5.41) is 0. The van der Waals surface area contributed by atoms with Crippen LogP contribution in [0.25, 0.3) is 0 Å². The molecule has 0 saturated carbocycles. The van der Waals surface area contributed by atoms with E-state index in [1.165, 1.54) is 4.31 Å². The molecular formula is C14H22ClNO3S. The third kappa shape index (κ3) is 4.19. The highest BCUT2D eigenvalue weighted by molar-refractivity contribution is 7.89. The van der Waals surface area contributed by atoms with E-state index in [-0.39, 0.29) is 4.90 Å². The van der Waals surface area contributed by atoms with Crippen LogP contribution in [0.3, 0.4) is 0 Å². The zero-order valence-electron chi connectivity index (χ0n) is 12.2. The molecule has 0 amide bonds. The van der Waals surface area contributed by atoms with Crippen LogP contribution in [0.1, 0.15) is 25.0 Å². The largest absolute Gasteiger partial charge is 0.380 e. The smallest absolute Gasteiger partial charge is 0.243 e. The normalized spacial score (nSPS) is 12.1. The lowest BCUT2D eigenvalue weighted by molar-refractivity contribution is 0.135. The van der Waals surface area contributed by atoms with E-state index < -0.39 is 10.0 Å². The molecule has 0 aliphatic rings. The Hall–Kier alpha value is -0.620. The van der Waals surface area contributed by atoms with Gasteiger partial charge in [-0.15, -0.1) is 11.6 Å². The Kier molecular flexibility index (Phi) is 6.95. The lowest BCUT2D eigenvalue weighted by Gasteiger charge is -2.21. The number of hydrogen-bond donors (Lipinski definition) is 0. The molecule has 0 saturated heterocycles. The van der Waals surface area contributed by atoms with Crippen molar-refractivity contribution in [2.75, 3.05) is 26.3 Å². The van der Waals surface area contributed by atoms with Crippen LogP contribution in [0, 0.1) is 6.92 Å². The second-order valence-corrected chi connectivity index (χ2v) is 6.62. The van der Waals surface area contributed by atoms with E-state index in [9.17, 15) is 8.42 Å². The maximum atomic E-state index is 12.6. The average molecular weight is 320 g/mol. The Labute approximate surface area is 126 Å². The number of benzene rings is 1. The molecule has 1 aromatic carbocycles. The van der Waals surface area contributed by atoms with E-state index in [1.54, 1.807) is 18.2 Å². The van der Waals surface area contributed by atoms with Gasteiger partial charge in [-0.1, -0.05) is 13.0 Å². The van der Waals surface area contributed by atoms with Crippen LogP contribution in [0.5, 0.6) is 0 Å². The molecule has 0 fully saturated rings. The zero-order chi connectivity index (χ0) is 15.2. The van der Waals surface area contributed by atoms with Crippen LogP contribution in [-0.4, -0.2) is 39.0 Å². The predicted molar refractivity (Wildman–Crippen MR) is 81.7 cm³/mol. The highest BCUT2D eigenvalue weighted by atomic mass is 35.5. The fourth-order valence-corrected chi connectivity index (χ4v) is 3.63. The number of ether oxygens (including phenoxy) is 1. The van der Waals surface area contributed by atoms with Crippen LogP contribution >= 0.6 is 11.6 Å². The minimum Gasteiger partial charge on any atom is -0.380 e. The van der Waals surface area contributed by atoms with Gasteiger partial charge < -0.3 is 4.74 Å². The van der Waals surface area contributed by atoms with E-state index >= 15 is 0 Å². The lowest BCUT2D eigenvalue weighted by atomic mass is 10.1. The van der Waals surface area contributed by atoms with Crippen LogP contribution in [-0.2, 0) is 20.6 Å². The summed E-state index contributed by atoms with van der Waals surface area (Å²) < 4.78 is 31.8. The van der Waals surface area contributed by atoms with Crippen LogP contribution in [0.15, 0.2) is 23.1 Å². The Morgan fingerprint density at radius 1 is 1.30 bits per heavy atom. The molecule has 1 aromatic rings. The molecule has 0 aliphatic heterocycles. The quantitative estimate of drug-likeness (QED) is 0.547. The molecular weight excluding hydrogens is 298 g/mol. The number of likely N-dealkylation sites (N-methyl/N-ethyl adjacent to an activating group) is 1. The first kappa shape index (κ1) is 17.4. The van der Waals surface area contributed by atoms with Gasteiger partial charge in [0.1, 0.15) is 0 Å². The maximum absolute atomic E-state index is 12.6. The summed E-state index contributed by atoms with van der Waals surface area (Å²) in [5.74, 6) is 0.306. The Balaban J connectivity index is 3.01. The van der Waals surface area contributed by atoms with Gasteiger partial charge in [0.05, 0.1) is 11.5 Å². The van der Waals surface area contributed by atoms with Crippen molar-refractivity contribution in [2.24, 2.45) is 0 Å². The molecule has 0 heterocycles. The molecule has 0 N–H and O–H groups in total. The topological polar surface area (TPSA) is 46.6 Å². The first-order chi connectivity index (χ1) is 9.47. The molecule has 0 aromatic heterocycles. The van der Waals surface area contributed by atoms with Crippen molar-refractivity contribution >= 4 is 21.6 Å². The summed E-state index contributed by atoms with van der Waals surface area (Å²) in [6.45, 7) is 7.38. The fraction of sp³-hybridized carbons (Fsp3) is 0.571. The van der Waals surface area contributed by atoms with Gasteiger partial charge >= 0.3 is 0 Å². The number of nitrogens with zero attached hydrogens (tertiary/aromatic N) is 1. The number of aryl methyl sites for hydroxylation is 1. The highest BCUT2D eigenvalue weighted by Gasteiger charge is 2.23. The number of hydrogen-bond acceptors (Lipinski definition) is 3. The summed E-state index contributed by atoms with van der Waals surface area (Å²) in [6, 6.07) is 5.08. The van der Waals surface area contributed by atoms with Crippen molar-refractivity contribution in [3.8, 4) is 0 Å². The average Bonchev–Trinajstić information content (AvgIpc) is 2.43. The van der Waals surface area contributed by atoms with E-state index in [0.717, 1.165) is 11.1 Å². The number of alkyl halides is 1. The second kappa shape index (κ2) is 7.98.